The molecule has 3 aromatic carbocycles. The third-order valence-electron chi connectivity index (χ3n) is 8.15. The fourth-order valence-electron chi connectivity index (χ4n) is 5.70. The molecule has 0 aliphatic carbocycles. The van der Waals surface area contributed by atoms with E-state index in [9.17, 15) is 29.1 Å². The van der Waals surface area contributed by atoms with Crippen LogP contribution in [0.4, 0.5) is 4.79 Å². The molecule has 0 bridgehead atoms. The van der Waals surface area contributed by atoms with E-state index >= 15 is 0 Å². The molecule has 13 nitrogen and oxygen atoms in total. The highest BCUT2D eigenvalue weighted by molar-refractivity contribution is 6.12. The van der Waals surface area contributed by atoms with E-state index in [0.29, 0.717) is 36.1 Å². The maximum Gasteiger partial charge on any atom is 0.398 e. The first kappa shape index (κ1) is 36.7. The van der Waals surface area contributed by atoms with Crippen LogP contribution in [0.25, 0.3) is 0 Å². The Morgan fingerprint density at radius 3 is 2.04 bits per heavy atom. The number of hydrogen-bond donors (Lipinski definition) is 1. The molecule has 260 valence electrons. The molecule has 1 fully saturated rings. The van der Waals surface area contributed by atoms with Gasteiger partial charge in [0.05, 0.1) is 17.2 Å². The molecule has 1 aliphatic rings. The number of Topliss-reactive ketones (excluding diaryl/α,β-unsaturated/α-hetero) is 1. The van der Waals surface area contributed by atoms with Gasteiger partial charge < -0.3 is 34.2 Å². The van der Waals surface area contributed by atoms with E-state index in [2.05, 4.69) is 5.32 Å². The summed E-state index contributed by atoms with van der Waals surface area (Å²) in [5, 5.41) is 15.4. The van der Waals surface area contributed by atoms with E-state index in [4.69, 9.17) is 23.8 Å². The molecule has 2 unspecified atom stereocenters. The lowest BCUT2D eigenvalue weighted by Crippen LogP contribution is -2.63. The number of likely N-dealkylation sites (tertiary alicyclic amines) is 1. The number of methoxy groups -OCH3 is 2. The lowest BCUT2D eigenvalue weighted by atomic mass is 9.98. The highest BCUT2D eigenvalue weighted by Crippen LogP contribution is 2.27. The minimum atomic E-state index is -1.62. The van der Waals surface area contributed by atoms with E-state index < -0.39 is 34.4 Å². The molecule has 0 aromatic heterocycles. The van der Waals surface area contributed by atoms with Crippen LogP contribution >= 0.6 is 0 Å². The second-order valence-corrected chi connectivity index (χ2v) is 11.8. The fraction of sp³-hybridized carbons (Fsp3) is 0.361. The molecule has 2 amide bonds. The predicted molar refractivity (Wildman–Crippen MR) is 173 cm³/mol. The van der Waals surface area contributed by atoms with Gasteiger partial charge in [0.25, 0.3) is 5.91 Å². The van der Waals surface area contributed by atoms with Crippen LogP contribution in [-0.2, 0) is 14.3 Å². The van der Waals surface area contributed by atoms with Gasteiger partial charge in [-0.25, -0.2) is 4.79 Å². The first-order valence-electron chi connectivity index (χ1n) is 15.7. The van der Waals surface area contributed by atoms with Crippen molar-refractivity contribution >= 4 is 29.5 Å². The standard InChI is InChI=1S/C36H40N2O11/c1-22-16-28(17-23(2)33(22)48-21-46-5)34(41)37-29-8-6-7-15-38(19-29,36(43)44)49-35(42)26-11-9-25(10-12-26)32(40)30-18-27(24(3)39)13-14-31(30)47-20-45-4/h9-14,16-18,29H,6-8,15,19-21H2,1-5H3,(H-,37,41,43,44). The van der Waals surface area contributed by atoms with Crippen molar-refractivity contribution in [3.63, 3.8) is 0 Å². The number of aryl methyl sites for hydroxylation is 2. The first-order valence-corrected chi connectivity index (χ1v) is 15.7. The van der Waals surface area contributed by atoms with Crippen LogP contribution in [0.5, 0.6) is 11.5 Å². The minimum absolute atomic E-state index is 0.00444. The van der Waals surface area contributed by atoms with E-state index in [0.717, 1.165) is 11.1 Å². The maximum absolute atomic E-state index is 13.4. The number of ether oxygens (including phenoxy) is 4. The highest BCUT2D eigenvalue weighted by atomic mass is 16.8. The van der Waals surface area contributed by atoms with Crippen molar-refractivity contribution in [1.29, 1.82) is 0 Å². The summed E-state index contributed by atoms with van der Waals surface area (Å²) in [5.74, 6) is -1.26. The van der Waals surface area contributed by atoms with Gasteiger partial charge in [-0.2, -0.15) is 0 Å². The van der Waals surface area contributed by atoms with Crippen LogP contribution in [0, 0.1) is 13.8 Å². The van der Waals surface area contributed by atoms with Crippen molar-refractivity contribution < 1.29 is 57.5 Å². The van der Waals surface area contributed by atoms with Gasteiger partial charge in [0.15, 0.2) is 25.2 Å². The molecule has 0 radical (unpaired) electrons. The number of ketones is 2. The zero-order chi connectivity index (χ0) is 35.7. The molecule has 0 spiro atoms. The van der Waals surface area contributed by atoms with Crippen LogP contribution in [0.2, 0.25) is 0 Å². The number of rotatable bonds is 12. The Kier molecular flexibility index (Phi) is 12.2. The van der Waals surface area contributed by atoms with Gasteiger partial charge in [-0.1, -0.05) is 16.8 Å². The maximum atomic E-state index is 13.4. The van der Waals surface area contributed by atoms with Crippen molar-refractivity contribution in [2.75, 3.05) is 40.9 Å². The summed E-state index contributed by atoms with van der Waals surface area (Å²) in [6, 6.07) is 12.6. The zero-order valence-electron chi connectivity index (χ0n) is 28.2. The van der Waals surface area contributed by atoms with Gasteiger partial charge >= 0.3 is 12.1 Å². The normalized spacial score (nSPS) is 17.4. The lowest BCUT2D eigenvalue weighted by molar-refractivity contribution is -1.04. The first-order chi connectivity index (χ1) is 23.4. The van der Waals surface area contributed by atoms with Gasteiger partial charge in [-0.05, 0) is 87.2 Å². The lowest BCUT2D eigenvalue weighted by Gasteiger charge is -2.34. The molecule has 2 atom stereocenters. The summed E-state index contributed by atoms with van der Waals surface area (Å²) in [6.45, 7) is 4.62. The second-order valence-electron chi connectivity index (χ2n) is 11.8. The molecule has 1 aliphatic heterocycles. The molecule has 3 aromatic rings. The predicted octanol–water partition coefficient (Wildman–Crippen LogP) is 3.92. The van der Waals surface area contributed by atoms with Crippen LogP contribution in [0.1, 0.15) is 84.3 Å². The Bertz CT molecular complexity index is 1700. The van der Waals surface area contributed by atoms with Crippen molar-refractivity contribution in [2.24, 2.45) is 0 Å². The Labute approximate surface area is 284 Å². The Hall–Kier alpha value is -5.11. The minimum Gasteiger partial charge on any atom is -0.495 e. The zero-order valence-corrected chi connectivity index (χ0v) is 28.2. The number of quaternary nitrogens is 1. The molecule has 0 saturated carbocycles. The van der Waals surface area contributed by atoms with E-state index in [1.165, 1.54) is 63.6 Å². The molecule has 1 saturated heterocycles. The van der Waals surface area contributed by atoms with Crippen molar-refractivity contribution in [2.45, 2.75) is 46.1 Å². The number of amides is 2. The summed E-state index contributed by atoms with van der Waals surface area (Å²) in [5.41, 5.74) is 2.45. The number of hydroxylamine groups is 3. The second kappa shape index (κ2) is 16.3. The average molecular weight is 677 g/mol. The van der Waals surface area contributed by atoms with Crippen molar-refractivity contribution in [1.82, 2.24) is 5.32 Å². The van der Waals surface area contributed by atoms with Gasteiger partial charge in [0, 0.05) is 37.3 Å². The quantitative estimate of drug-likeness (QED) is 0.168. The van der Waals surface area contributed by atoms with Crippen molar-refractivity contribution in [3.8, 4) is 11.5 Å². The average Bonchev–Trinajstić information content (AvgIpc) is 3.29. The third kappa shape index (κ3) is 8.87. The molecular weight excluding hydrogens is 636 g/mol. The van der Waals surface area contributed by atoms with Crippen LogP contribution in [-0.4, -0.2) is 81.1 Å². The number of carbonyl (C=O) groups excluding carboxylic acids is 5. The number of benzene rings is 3. The number of nitrogens with one attached hydrogen (secondary N) is 1. The molecule has 1 heterocycles. The molecular formula is C36H40N2O11. The summed E-state index contributed by atoms with van der Waals surface area (Å²) in [6.07, 6.45) is -0.185. The molecule has 1 N–H and O–H groups in total. The van der Waals surface area contributed by atoms with E-state index in [-0.39, 0.29) is 54.9 Å². The fourth-order valence-corrected chi connectivity index (χ4v) is 5.70. The van der Waals surface area contributed by atoms with Crippen LogP contribution < -0.4 is 19.9 Å². The SMILES string of the molecule is COCOc1ccc(C(C)=O)cc1C(=O)c1ccc(C(=O)O[N+]2(C(=O)[O-])CCCCC(NC(=O)c3cc(C)c(OCOC)c(C)c3)C2)cc1. The summed E-state index contributed by atoms with van der Waals surface area (Å²) < 4.78 is 19.9. The van der Waals surface area contributed by atoms with Crippen LogP contribution in [0.3, 0.4) is 0 Å². The van der Waals surface area contributed by atoms with E-state index in [1.54, 1.807) is 26.0 Å². The Balaban J connectivity index is 1.50. The van der Waals surface area contributed by atoms with Crippen LogP contribution in [0.15, 0.2) is 54.6 Å². The third-order valence-corrected chi connectivity index (χ3v) is 8.15. The molecule has 4 rings (SSSR count). The molecule has 49 heavy (non-hydrogen) atoms. The number of hydrogen-bond acceptors (Lipinski definition) is 11. The summed E-state index contributed by atoms with van der Waals surface area (Å²) >= 11 is 0. The van der Waals surface area contributed by atoms with Gasteiger partial charge in [-0.15, -0.1) is 0 Å². The molecule has 13 heteroatoms. The number of nitrogens with zero attached hydrogens (tertiary/aromatic N) is 1. The van der Waals surface area contributed by atoms with Crippen molar-refractivity contribution in [3.05, 3.63) is 93.5 Å². The van der Waals surface area contributed by atoms with Gasteiger partial charge in [0.2, 0.25) is 0 Å². The smallest absolute Gasteiger partial charge is 0.398 e. The monoisotopic (exact) mass is 676 g/mol. The Morgan fingerprint density at radius 1 is 0.816 bits per heavy atom. The van der Waals surface area contributed by atoms with E-state index in [1.807, 2.05) is 0 Å². The summed E-state index contributed by atoms with van der Waals surface area (Å²) in [7, 11) is 2.94. The van der Waals surface area contributed by atoms with Gasteiger partial charge in [0.1, 0.15) is 24.6 Å². The number of carboxylic acid groups (broad SMARTS) is 1. The largest absolute Gasteiger partial charge is 0.495 e. The summed E-state index contributed by atoms with van der Waals surface area (Å²) in [4.78, 5) is 70.1. The Morgan fingerprint density at radius 2 is 1.43 bits per heavy atom. The van der Waals surface area contributed by atoms with Gasteiger partial charge in [-0.3, -0.25) is 19.2 Å². The highest BCUT2D eigenvalue weighted by Gasteiger charge is 2.42. The number of carbonyl (C=O) groups is 5. The topological polar surface area (TPSA) is 167 Å².